The molecule has 1 aromatic rings. The van der Waals surface area contributed by atoms with Crippen molar-refractivity contribution in [2.24, 2.45) is 0 Å². The molecule has 2 rings (SSSR count). The van der Waals surface area contributed by atoms with Crippen molar-refractivity contribution >= 4 is 11.6 Å². The van der Waals surface area contributed by atoms with Crippen LogP contribution in [0.25, 0.3) is 0 Å². The SMILES string of the molecule is CCNc1ccccc1C(=O)N1CC(C)OCC1C. The Balaban J connectivity index is 2.23. The first-order valence-electron chi connectivity index (χ1n) is 6.89. The highest BCUT2D eigenvalue weighted by molar-refractivity contribution is 5.99. The topological polar surface area (TPSA) is 41.6 Å². The number of nitrogens with one attached hydrogen (secondary N) is 1. The fraction of sp³-hybridized carbons (Fsp3) is 0.533. The van der Waals surface area contributed by atoms with Crippen molar-refractivity contribution in [1.82, 2.24) is 4.90 Å². The van der Waals surface area contributed by atoms with E-state index in [1.807, 2.05) is 49.9 Å². The van der Waals surface area contributed by atoms with Gasteiger partial charge in [0.25, 0.3) is 5.91 Å². The molecule has 2 atom stereocenters. The van der Waals surface area contributed by atoms with Crippen molar-refractivity contribution in [3.8, 4) is 0 Å². The molecule has 1 aliphatic rings. The van der Waals surface area contributed by atoms with Crippen LogP contribution in [0, 0.1) is 0 Å². The highest BCUT2D eigenvalue weighted by atomic mass is 16.5. The lowest BCUT2D eigenvalue weighted by atomic mass is 10.1. The van der Waals surface area contributed by atoms with E-state index in [-0.39, 0.29) is 18.1 Å². The van der Waals surface area contributed by atoms with E-state index in [9.17, 15) is 4.79 Å². The molecule has 4 heteroatoms. The van der Waals surface area contributed by atoms with Crippen molar-refractivity contribution in [1.29, 1.82) is 0 Å². The first-order valence-corrected chi connectivity index (χ1v) is 6.89. The molecule has 104 valence electrons. The number of anilines is 1. The summed E-state index contributed by atoms with van der Waals surface area (Å²) in [6, 6.07) is 7.81. The predicted octanol–water partition coefficient (Wildman–Crippen LogP) is 2.37. The number of morpholine rings is 1. The Bertz CT molecular complexity index is 448. The van der Waals surface area contributed by atoms with E-state index in [0.29, 0.717) is 13.2 Å². The van der Waals surface area contributed by atoms with Gasteiger partial charge in [-0.1, -0.05) is 12.1 Å². The zero-order chi connectivity index (χ0) is 13.8. The van der Waals surface area contributed by atoms with E-state index in [1.54, 1.807) is 0 Å². The zero-order valence-corrected chi connectivity index (χ0v) is 11.8. The number of hydrogen-bond acceptors (Lipinski definition) is 3. The first kappa shape index (κ1) is 13.9. The summed E-state index contributed by atoms with van der Waals surface area (Å²) in [5.41, 5.74) is 1.65. The zero-order valence-electron chi connectivity index (χ0n) is 11.8. The van der Waals surface area contributed by atoms with Crippen LogP contribution < -0.4 is 5.32 Å². The van der Waals surface area contributed by atoms with Gasteiger partial charge in [0, 0.05) is 18.8 Å². The van der Waals surface area contributed by atoms with E-state index in [2.05, 4.69) is 5.32 Å². The van der Waals surface area contributed by atoms with Gasteiger partial charge < -0.3 is 15.0 Å². The average molecular weight is 262 g/mol. The maximum atomic E-state index is 12.7. The first-order chi connectivity index (χ1) is 9.13. The lowest BCUT2D eigenvalue weighted by Crippen LogP contribution is -2.50. The molecule has 0 bridgehead atoms. The third kappa shape index (κ3) is 3.07. The third-order valence-electron chi connectivity index (χ3n) is 3.39. The predicted molar refractivity (Wildman–Crippen MR) is 76.5 cm³/mol. The molecular weight excluding hydrogens is 240 g/mol. The Morgan fingerprint density at radius 2 is 2.16 bits per heavy atom. The highest BCUT2D eigenvalue weighted by Crippen LogP contribution is 2.21. The highest BCUT2D eigenvalue weighted by Gasteiger charge is 2.29. The van der Waals surface area contributed by atoms with Gasteiger partial charge in [-0.3, -0.25) is 4.79 Å². The Hall–Kier alpha value is -1.55. The molecule has 1 heterocycles. The number of amides is 1. The maximum Gasteiger partial charge on any atom is 0.256 e. The van der Waals surface area contributed by atoms with Gasteiger partial charge in [0.2, 0.25) is 0 Å². The van der Waals surface area contributed by atoms with Crippen LogP contribution in [-0.2, 0) is 4.74 Å². The van der Waals surface area contributed by atoms with Crippen molar-refractivity contribution < 1.29 is 9.53 Å². The number of hydrogen-bond donors (Lipinski definition) is 1. The van der Waals surface area contributed by atoms with E-state index < -0.39 is 0 Å². The Kier molecular flexibility index (Phi) is 4.43. The van der Waals surface area contributed by atoms with Crippen molar-refractivity contribution in [3.05, 3.63) is 29.8 Å². The van der Waals surface area contributed by atoms with E-state index in [4.69, 9.17) is 4.74 Å². The number of benzene rings is 1. The molecule has 1 aliphatic heterocycles. The molecule has 19 heavy (non-hydrogen) atoms. The van der Waals surface area contributed by atoms with Crippen LogP contribution in [0.2, 0.25) is 0 Å². The summed E-state index contributed by atoms with van der Waals surface area (Å²) in [6.07, 6.45) is 0.103. The lowest BCUT2D eigenvalue weighted by molar-refractivity contribution is -0.0386. The van der Waals surface area contributed by atoms with Gasteiger partial charge in [0.15, 0.2) is 0 Å². The Morgan fingerprint density at radius 3 is 2.89 bits per heavy atom. The number of rotatable bonds is 3. The summed E-state index contributed by atoms with van der Waals surface area (Å²) >= 11 is 0. The molecule has 1 aromatic carbocycles. The average Bonchev–Trinajstić information content (AvgIpc) is 2.42. The van der Waals surface area contributed by atoms with Gasteiger partial charge in [-0.05, 0) is 32.9 Å². The third-order valence-corrected chi connectivity index (χ3v) is 3.39. The molecule has 1 saturated heterocycles. The number of carbonyl (C=O) groups is 1. The summed E-state index contributed by atoms with van der Waals surface area (Å²) in [5, 5.41) is 3.24. The minimum atomic E-state index is 0.0826. The molecule has 0 radical (unpaired) electrons. The van der Waals surface area contributed by atoms with Gasteiger partial charge in [-0.25, -0.2) is 0 Å². The molecule has 1 fully saturated rings. The van der Waals surface area contributed by atoms with Crippen molar-refractivity contribution in [3.63, 3.8) is 0 Å². The largest absolute Gasteiger partial charge is 0.385 e. The number of ether oxygens (including phenoxy) is 1. The monoisotopic (exact) mass is 262 g/mol. The van der Waals surface area contributed by atoms with Crippen molar-refractivity contribution in [2.75, 3.05) is 25.0 Å². The summed E-state index contributed by atoms with van der Waals surface area (Å²) in [5.74, 6) is 0.0826. The quantitative estimate of drug-likeness (QED) is 0.909. The summed E-state index contributed by atoms with van der Waals surface area (Å²) in [4.78, 5) is 14.6. The van der Waals surface area contributed by atoms with Gasteiger partial charge >= 0.3 is 0 Å². The summed E-state index contributed by atoms with van der Waals surface area (Å²) < 4.78 is 5.57. The molecule has 0 saturated carbocycles. The lowest BCUT2D eigenvalue weighted by Gasteiger charge is -2.37. The van der Waals surface area contributed by atoms with E-state index in [1.165, 1.54) is 0 Å². The second-order valence-electron chi connectivity index (χ2n) is 5.03. The van der Waals surface area contributed by atoms with Gasteiger partial charge in [0.05, 0.1) is 24.3 Å². The smallest absolute Gasteiger partial charge is 0.256 e. The minimum Gasteiger partial charge on any atom is -0.385 e. The van der Waals surface area contributed by atoms with Gasteiger partial charge in [-0.15, -0.1) is 0 Å². The van der Waals surface area contributed by atoms with Crippen LogP contribution >= 0.6 is 0 Å². The van der Waals surface area contributed by atoms with Crippen LogP contribution in [0.1, 0.15) is 31.1 Å². The fourth-order valence-corrected chi connectivity index (χ4v) is 2.36. The molecule has 1 amide bonds. The normalized spacial score (nSPS) is 23.2. The van der Waals surface area contributed by atoms with E-state index >= 15 is 0 Å². The number of carbonyl (C=O) groups excluding carboxylic acids is 1. The number of para-hydroxylation sites is 1. The molecule has 0 aliphatic carbocycles. The molecular formula is C15H22N2O2. The molecule has 1 N–H and O–H groups in total. The maximum absolute atomic E-state index is 12.7. The molecule has 2 unspecified atom stereocenters. The number of nitrogens with zero attached hydrogens (tertiary/aromatic N) is 1. The Morgan fingerprint density at radius 1 is 1.42 bits per heavy atom. The van der Waals surface area contributed by atoms with Crippen LogP contribution in [0.4, 0.5) is 5.69 Å². The summed E-state index contributed by atoms with van der Waals surface area (Å²) in [6.45, 7) is 8.12. The van der Waals surface area contributed by atoms with Gasteiger partial charge in [0.1, 0.15) is 0 Å². The minimum absolute atomic E-state index is 0.0826. The van der Waals surface area contributed by atoms with E-state index in [0.717, 1.165) is 17.8 Å². The fourth-order valence-electron chi connectivity index (χ4n) is 2.36. The van der Waals surface area contributed by atoms with Crippen LogP contribution in [0.15, 0.2) is 24.3 Å². The van der Waals surface area contributed by atoms with Crippen LogP contribution in [0.5, 0.6) is 0 Å². The Labute approximate surface area is 114 Å². The standard InChI is InChI=1S/C15H22N2O2/c1-4-16-14-8-6-5-7-13(14)15(18)17-9-12(3)19-10-11(17)2/h5-8,11-12,16H,4,9-10H2,1-3H3. The molecule has 4 nitrogen and oxygen atoms in total. The van der Waals surface area contributed by atoms with Crippen LogP contribution in [-0.4, -0.2) is 42.6 Å². The molecule has 0 spiro atoms. The van der Waals surface area contributed by atoms with Crippen molar-refractivity contribution in [2.45, 2.75) is 32.9 Å². The second-order valence-corrected chi connectivity index (χ2v) is 5.03. The molecule has 0 aromatic heterocycles. The summed E-state index contributed by atoms with van der Waals surface area (Å²) in [7, 11) is 0. The van der Waals surface area contributed by atoms with Gasteiger partial charge in [-0.2, -0.15) is 0 Å². The van der Waals surface area contributed by atoms with Crippen LogP contribution in [0.3, 0.4) is 0 Å². The second kappa shape index (κ2) is 6.06.